The molecular weight excluding hydrogens is 182 g/mol. The molecule has 0 saturated carbocycles. The highest BCUT2D eigenvalue weighted by atomic mass is 16.4. The molecule has 0 unspecified atom stereocenters. The van der Waals surface area contributed by atoms with Crippen molar-refractivity contribution in [1.29, 1.82) is 0 Å². The number of carbonyl (C=O) groups is 1. The molecule has 1 aromatic carbocycles. The van der Waals surface area contributed by atoms with Gasteiger partial charge in [-0.1, -0.05) is 35.9 Å². The lowest BCUT2D eigenvalue weighted by Gasteiger charge is -1.93. The van der Waals surface area contributed by atoms with Crippen LogP contribution in [0.5, 0.6) is 0 Å². The maximum absolute atomic E-state index is 9.60. The minimum absolute atomic E-state index is 0.170. The van der Waals surface area contributed by atoms with Crippen LogP contribution >= 0.6 is 0 Å². The zero-order valence-corrected chi connectivity index (χ0v) is 8.03. The topological polar surface area (TPSA) is 87.4 Å². The van der Waals surface area contributed by atoms with Crippen molar-refractivity contribution in [1.82, 2.24) is 11.0 Å². The summed E-state index contributed by atoms with van der Waals surface area (Å²) in [5.74, 6) is 3.71. The van der Waals surface area contributed by atoms with Gasteiger partial charge in [-0.3, -0.25) is 10.6 Å². The van der Waals surface area contributed by atoms with Crippen molar-refractivity contribution >= 4 is 5.97 Å². The summed E-state index contributed by atoms with van der Waals surface area (Å²) in [6.45, 7) is 1.91. The summed E-state index contributed by atoms with van der Waals surface area (Å²) < 4.78 is 0. The van der Waals surface area contributed by atoms with E-state index < -0.39 is 5.97 Å². The number of aliphatic carboxylic acids is 1. The Morgan fingerprint density at radius 2 is 2.00 bits per heavy atom. The molecule has 14 heavy (non-hydrogen) atoms. The van der Waals surface area contributed by atoms with Gasteiger partial charge in [-0.05, 0) is 6.92 Å². The summed E-state index contributed by atoms with van der Waals surface area (Å²) in [4.78, 5) is 9.60. The molecule has 1 aromatic rings. The van der Waals surface area contributed by atoms with E-state index in [1.54, 1.807) is 0 Å². The maximum atomic E-state index is 9.60. The van der Waals surface area contributed by atoms with Gasteiger partial charge in [0.2, 0.25) is 0 Å². The van der Waals surface area contributed by atoms with Gasteiger partial charge in [-0.2, -0.15) is 5.53 Å². The number of carboxylic acid groups (broad SMARTS) is 1. The largest absolute Gasteiger partial charge is 0.480 e. The summed E-state index contributed by atoms with van der Waals surface area (Å²) in [6.07, 6.45) is 0. The van der Waals surface area contributed by atoms with Gasteiger partial charge in [-0.25, -0.2) is 5.43 Å². The Bertz CT molecular complexity index is 251. The van der Waals surface area contributed by atoms with Gasteiger partial charge in [0, 0.05) is 0 Å². The molecule has 1 rings (SSSR count). The smallest absolute Gasteiger partial charge is 0.318 e. The van der Waals surface area contributed by atoms with E-state index in [1.165, 1.54) is 5.56 Å². The SMILES string of the molecule is Cc1ccccc1.NNNCC(=O)O. The van der Waals surface area contributed by atoms with E-state index in [1.807, 2.05) is 23.7 Å². The summed E-state index contributed by atoms with van der Waals surface area (Å²) in [6, 6.07) is 10.3. The predicted molar refractivity (Wildman–Crippen MR) is 54.1 cm³/mol. The number of benzene rings is 1. The fourth-order valence-corrected chi connectivity index (χ4v) is 0.661. The zero-order chi connectivity index (χ0) is 10.8. The average molecular weight is 197 g/mol. The normalized spacial score (nSPS) is 8.71. The molecule has 0 fully saturated rings. The Balaban J connectivity index is 0.000000241. The maximum Gasteiger partial charge on any atom is 0.318 e. The van der Waals surface area contributed by atoms with E-state index in [9.17, 15) is 4.79 Å². The fraction of sp³-hybridized carbons (Fsp3) is 0.222. The molecule has 5 heteroatoms. The molecule has 0 aliphatic rings. The van der Waals surface area contributed by atoms with Crippen molar-refractivity contribution in [3.05, 3.63) is 35.9 Å². The fourth-order valence-electron chi connectivity index (χ4n) is 0.661. The number of nitrogens with two attached hydrogens (primary N) is 1. The van der Waals surface area contributed by atoms with Crippen molar-refractivity contribution in [3.63, 3.8) is 0 Å². The standard InChI is InChI=1S/C7H8.C2H7N3O2/c1-7-5-3-2-4-6-7;3-5-4-1-2(6)7/h2-6H,1H3;4-5H,1,3H2,(H,6,7). The first-order chi connectivity index (χ1) is 6.66. The second-order valence-corrected chi connectivity index (χ2v) is 2.55. The molecule has 0 saturated heterocycles. The van der Waals surface area contributed by atoms with Crippen LogP contribution in [0.3, 0.4) is 0 Å². The summed E-state index contributed by atoms with van der Waals surface area (Å²) in [7, 11) is 0. The van der Waals surface area contributed by atoms with E-state index in [0.29, 0.717) is 0 Å². The first-order valence-corrected chi connectivity index (χ1v) is 4.08. The molecule has 0 aliphatic heterocycles. The van der Waals surface area contributed by atoms with Gasteiger partial charge in [0.25, 0.3) is 0 Å². The van der Waals surface area contributed by atoms with E-state index in [0.717, 1.165) is 0 Å². The first-order valence-electron chi connectivity index (χ1n) is 4.08. The van der Waals surface area contributed by atoms with Gasteiger partial charge in [0.1, 0.15) is 6.54 Å². The van der Waals surface area contributed by atoms with Crippen LogP contribution in [-0.4, -0.2) is 17.6 Å². The van der Waals surface area contributed by atoms with Crippen LogP contribution in [0.15, 0.2) is 30.3 Å². The number of aryl methyl sites for hydroxylation is 1. The highest BCUT2D eigenvalue weighted by Gasteiger charge is 1.88. The molecule has 78 valence electrons. The van der Waals surface area contributed by atoms with Gasteiger partial charge in [0.15, 0.2) is 0 Å². The third-order valence-electron chi connectivity index (χ3n) is 1.28. The predicted octanol–water partition coefficient (Wildman–Crippen LogP) is 0.0339. The van der Waals surface area contributed by atoms with Crippen molar-refractivity contribution in [2.24, 2.45) is 5.84 Å². The van der Waals surface area contributed by atoms with Gasteiger partial charge in [0.05, 0.1) is 0 Å². The molecule has 0 amide bonds. The Kier molecular flexibility index (Phi) is 7.35. The van der Waals surface area contributed by atoms with Crippen LogP contribution in [0.4, 0.5) is 0 Å². The van der Waals surface area contributed by atoms with E-state index in [2.05, 4.69) is 30.3 Å². The van der Waals surface area contributed by atoms with Crippen LogP contribution in [-0.2, 0) is 4.79 Å². The monoisotopic (exact) mass is 197 g/mol. The lowest BCUT2D eigenvalue weighted by molar-refractivity contribution is -0.136. The van der Waals surface area contributed by atoms with Crippen LogP contribution in [0.25, 0.3) is 0 Å². The number of hydrogen-bond donors (Lipinski definition) is 4. The number of nitrogens with one attached hydrogen (secondary N) is 2. The van der Waals surface area contributed by atoms with E-state index in [4.69, 9.17) is 5.11 Å². The third kappa shape index (κ3) is 8.66. The molecule has 0 radical (unpaired) electrons. The molecule has 5 N–H and O–H groups in total. The van der Waals surface area contributed by atoms with Crippen molar-refractivity contribution in [2.45, 2.75) is 6.92 Å². The minimum Gasteiger partial charge on any atom is -0.480 e. The second kappa shape index (κ2) is 8.18. The molecule has 0 atom stereocenters. The van der Waals surface area contributed by atoms with Gasteiger partial charge < -0.3 is 5.11 Å². The molecule has 0 spiro atoms. The summed E-state index contributed by atoms with van der Waals surface area (Å²) in [5, 5.41) is 7.89. The lowest BCUT2D eigenvalue weighted by atomic mass is 10.2. The van der Waals surface area contributed by atoms with Crippen molar-refractivity contribution < 1.29 is 9.90 Å². The molecule has 0 bridgehead atoms. The van der Waals surface area contributed by atoms with Crippen LogP contribution < -0.4 is 16.8 Å². The van der Waals surface area contributed by atoms with Gasteiger partial charge in [-0.15, -0.1) is 0 Å². The number of carboxylic acids is 1. The highest BCUT2D eigenvalue weighted by molar-refractivity contribution is 5.68. The Labute approximate surface area is 82.9 Å². The number of hydrogen-bond acceptors (Lipinski definition) is 4. The van der Waals surface area contributed by atoms with E-state index >= 15 is 0 Å². The summed E-state index contributed by atoms with van der Waals surface area (Å²) >= 11 is 0. The average Bonchev–Trinajstić information content (AvgIpc) is 2.17. The first kappa shape index (κ1) is 12.6. The zero-order valence-electron chi connectivity index (χ0n) is 8.03. The lowest BCUT2D eigenvalue weighted by Crippen LogP contribution is -2.40. The van der Waals surface area contributed by atoms with Crippen LogP contribution in [0, 0.1) is 6.92 Å². The summed E-state index contributed by atoms with van der Waals surface area (Å²) in [5.41, 5.74) is 5.47. The molecule has 5 nitrogen and oxygen atoms in total. The Hall–Kier alpha value is -1.43. The quantitative estimate of drug-likeness (QED) is 0.406. The third-order valence-corrected chi connectivity index (χ3v) is 1.28. The Morgan fingerprint density at radius 1 is 1.43 bits per heavy atom. The number of rotatable bonds is 3. The van der Waals surface area contributed by atoms with Gasteiger partial charge >= 0.3 is 5.97 Å². The van der Waals surface area contributed by atoms with Crippen LogP contribution in [0.1, 0.15) is 5.56 Å². The molecule has 0 aliphatic carbocycles. The number of hydrazine groups is 2. The highest BCUT2D eigenvalue weighted by Crippen LogP contribution is 1.92. The van der Waals surface area contributed by atoms with Crippen molar-refractivity contribution in [2.75, 3.05) is 6.54 Å². The molecule has 0 heterocycles. The minimum atomic E-state index is -0.946. The van der Waals surface area contributed by atoms with E-state index in [-0.39, 0.29) is 6.54 Å². The van der Waals surface area contributed by atoms with Crippen molar-refractivity contribution in [3.8, 4) is 0 Å². The second-order valence-electron chi connectivity index (χ2n) is 2.55. The molecular formula is C9H15N3O2. The Morgan fingerprint density at radius 3 is 2.21 bits per heavy atom. The molecule has 0 aromatic heterocycles. The van der Waals surface area contributed by atoms with Crippen LogP contribution in [0.2, 0.25) is 0 Å².